The molecule has 2 aromatic rings. The van der Waals surface area contributed by atoms with Crippen LogP contribution in [0.4, 0.5) is 9.59 Å². The molecule has 2 aromatic carbocycles. The van der Waals surface area contributed by atoms with Gasteiger partial charge in [-0.05, 0) is 72.6 Å². The van der Waals surface area contributed by atoms with Crippen molar-refractivity contribution >= 4 is 18.2 Å². The van der Waals surface area contributed by atoms with Gasteiger partial charge in [0.15, 0.2) is 29.8 Å². The van der Waals surface area contributed by atoms with E-state index in [1.165, 1.54) is 6.08 Å². The zero-order valence-corrected chi connectivity index (χ0v) is 33.4. The standard InChI is InChI=1S/C40H51N5O11/c1-11-12-51-39(48)55-33-21(3)34-36(54-19-53-34)30-24(33)15-26-31-29-23(13-20(2)32(50-10)35(29)52-18-49-9)14-25(44(31)8)27(16-41)45(26)28(30)17-42-37(46)22(4)43-38(47)56-40(5,6)7/h11,13,22,25-28,31H,1,12,14-15,17-19H2,2-10H3,(H,42,46)(H,43,47)/t22?,25-,26?,27+,28+,31-/m1/s1. The first-order chi connectivity index (χ1) is 26.6. The van der Waals surface area contributed by atoms with Crippen molar-refractivity contribution in [2.45, 2.75) is 96.2 Å². The molecule has 2 unspecified atom stereocenters. The monoisotopic (exact) mass is 777 g/mol. The molecule has 302 valence electrons. The highest BCUT2D eigenvalue weighted by molar-refractivity contribution is 5.85. The molecule has 2 N–H and O–H groups in total. The van der Waals surface area contributed by atoms with Gasteiger partial charge in [-0.3, -0.25) is 14.6 Å². The van der Waals surface area contributed by atoms with Gasteiger partial charge in [-0.15, -0.1) is 0 Å². The molecule has 16 nitrogen and oxygen atoms in total. The Morgan fingerprint density at radius 1 is 1.09 bits per heavy atom. The van der Waals surface area contributed by atoms with E-state index in [9.17, 15) is 19.6 Å². The lowest BCUT2D eigenvalue weighted by atomic mass is 9.71. The van der Waals surface area contributed by atoms with Crippen LogP contribution < -0.4 is 34.3 Å². The van der Waals surface area contributed by atoms with Gasteiger partial charge in [-0.2, -0.15) is 5.26 Å². The molecule has 4 heterocycles. The first-order valence-electron chi connectivity index (χ1n) is 18.5. The second-order valence-electron chi connectivity index (χ2n) is 15.3. The van der Waals surface area contributed by atoms with Crippen molar-refractivity contribution in [1.82, 2.24) is 20.4 Å². The van der Waals surface area contributed by atoms with Crippen molar-refractivity contribution in [2.75, 3.05) is 48.0 Å². The first-order valence-corrected chi connectivity index (χ1v) is 18.5. The highest BCUT2D eigenvalue weighted by Crippen LogP contribution is 2.58. The highest BCUT2D eigenvalue weighted by atomic mass is 16.7. The lowest BCUT2D eigenvalue weighted by molar-refractivity contribution is -0.123. The van der Waals surface area contributed by atoms with E-state index in [4.69, 9.17) is 37.9 Å². The summed E-state index contributed by atoms with van der Waals surface area (Å²) in [6.45, 7) is 13.9. The van der Waals surface area contributed by atoms with Gasteiger partial charge in [-0.25, -0.2) is 9.59 Å². The summed E-state index contributed by atoms with van der Waals surface area (Å²) in [5, 5.41) is 16.7. The molecule has 0 aromatic heterocycles. The van der Waals surface area contributed by atoms with Crippen molar-refractivity contribution in [1.29, 1.82) is 5.26 Å². The zero-order valence-electron chi connectivity index (χ0n) is 33.4. The maximum Gasteiger partial charge on any atom is 0.514 e. The molecule has 6 atom stereocenters. The van der Waals surface area contributed by atoms with Crippen LogP contribution in [0.3, 0.4) is 0 Å². The predicted molar refractivity (Wildman–Crippen MR) is 201 cm³/mol. The molecule has 0 spiro atoms. The molecule has 6 rings (SSSR count). The topological polar surface area (TPSA) is 179 Å². The summed E-state index contributed by atoms with van der Waals surface area (Å²) in [5.74, 6) is 1.69. The fraction of sp³-hybridized carbons (Fsp3) is 0.550. The quantitative estimate of drug-likeness (QED) is 0.141. The first kappa shape index (κ1) is 40.4. The number of hydrogen-bond donors (Lipinski definition) is 2. The fourth-order valence-electron chi connectivity index (χ4n) is 8.54. The Hall–Kier alpha value is -5.24. The molecule has 2 bridgehead atoms. The van der Waals surface area contributed by atoms with Gasteiger partial charge in [0.05, 0.1) is 25.3 Å². The number of aryl methyl sites for hydroxylation is 1. The number of nitriles is 1. The molecule has 0 radical (unpaired) electrons. The molecule has 2 amide bonds. The molecule has 4 aliphatic rings. The Morgan fingerprint density at radius 3 is 2.48 bits per heavy atom. The van der Waals surface area contributed by atoms with Crippen molar-refractivity contribution < 1.29 is 52.3 Å². The third kappa shape index (κ3) is 7.38. The number of fused-ring (bicyclic) bond motifs is 9. The molecule has 0 saturated carbocycles. The Balaban J connectivity index is 1.52. The minimum absolute atomic E-state index is 0.0136. The SMILES string of the molecule is C=CCOC(=O)Oc1c(C)c2c(c3c1CC1[C@@H]4c5c(cc(C)c(OC)c5OCOC)C[C@H]([C@H](C#N)N1[C@H]3CNC(=O)C(C)NC(=O)OC(C)(C)C)N4C)OCO2. The van der Waals surface area contributed by atoms with Gasteiger partial charge >= 0.3 is 12.2 Å². The number of carbonyl (C=O) groups excluding carboxylic acids is 3. The van der Waals surface area contributed by atoms with Gasteiger partial charge in [0.25, 0.3) is 0 Å². The number of hydrogen-bond acceptors (Lipinski definition) is 14. The smallest absolute Gasteiger partial charge is 0.493 e. The molecule has 0 aliphatic carbocycles. The Kier molecular flexibility index (Phi) is 11.6. The third-order valence-corrected chi connectivity index (χ3v) is 10.7. The summed E-state index contributed by atoms with van der Waals surface area (Å²) in [4.78, 5) is 43.7. The van der Waals surface area contributed by atoms with Crippen molar-refractivity contribution in [3.8, 4) is 34.8 Å². The summed E-state index contributed by atoms with van der Waals surface area (Å²) in [6.07, 6.45) is 0.582. The van der Waals surface area contributed by atoms with Crippen molar-refractivity contribution in [3.63, 3.8) is 0 Å². The number of amides is 2. The molecule has 4 aliphatic heterocycles. The second-order valence-corrected chi connectivity index (χ2v) is 15.3. The third-order valence-electron chi connectivity index (χ3n) is 10.7. The van der Waals surface area contributed by atoms with Gasteiger partial charge in [0, 0.05) is 48.0 Å². The number of ether oxygens (including phenoxy) is 8. The maximum atomic E-state index is 13.7. The number of carbonyl (C=O) groups is 3. The van der Waals surface area contributed by atoms with Crippen LogP contribution in [0, 0.1) is 25.2 Å². The van der Waals surface area contributed by atoms with Crippen molar-refractivity contribution in [3.05, 3.63) is 52.1 Å². The molecular weight excluding hydrogens is 726 g/mol. The molecule has 56 heavy (non-hydrogen) atoms. The minimum atomic E-state index is -0.966. The van der Waals surface area contributed by atoms with E-state index >= 15 is 0 Å². The van der Waals surface area contributed by atoms with E-state index in [-0.39, 0.29) is 51.0 Å². The van der Waals surface area contributed by atoms with Gasteiger partial charge < -0.3 is 48.5 Å². The van der Waals surface area contributed by atoms with Crippen LogP contribution in [0.1, 0.15) is 73.2 Å². The Morgan fingerprint density at radius 2 is 1.82 bits per heavy atom. The van der Waals surface area contributed by atoms with Crippen LogP contribution in [0.2, 0.25) is 0 Å². The number of alkyl carbamates (subject to hydrolysis) is 1. The lowest BCUT2D eigenvalue weighted by Crippen LogP contribution is -2.69. The van der Waals surface area contributed by atoms with E-state index in [0.717, 1.165) is 16.7 Å². The minimum Gasteiger partial charge on any atom is -0.493 e. The number of likely N-dealkylation sites (N-methyl/N-ethyl adjacent to an activating group) is 1. The summed E-state index contributed by atoms with van der Waals surface area (Å²) < 4.78 is 46.3. The molecule has 1 fully saturated rings. The normalized spacial score (nSPS) is 22.6. The fourth-order valence-corrected chi connectivity index (χ4v) is 8.54. The van der Waals surface area contributed by atoms with E-state index in [2.05, 4.69) is 39.1 Å². The van der Waals surface area contributed by atoms with Crippen LogP contribution in [0.5, 0.6) is 28.7 Å². The van der Waals surface area contributed by atoms with Crippen LogP contribution in [0.25, 0.3) is 0 Å². The molecule has 1 saturated heterocycles. The Labute approximate surface area is 326 Å². The van der Waals surface area contributed by atoms with Crippen LogP contribution in [0.15, 0.2) is 18.7 Å². The predicted octanol–water partition coefficient (Wildman–Crippen LogP) is 4.53. The average Bonchev–Trinajstić information content (AvgIpc) is 3.63. The highest BCUT2D eigenvalue weighted by Gasteiger charge is 2.57. The van der Waals surface area contributed by atoms with E-state index in [1.54, 1.807) is 48.8 Å². The van der Waals surface area contributed by atoms with Crippen molar-refractivity contribution in [2.24, 2.45) is 0 Å². The number of nitrogens with one attached hydrogen (secondary N) is 2. The van der Waals surface area contributed by atoms with Crippen LogP contribution in [-0.2, 0) is 31.8 Å². The number of rotatable bonds is 11. The van der Waals surface area contributed by atoms with Gasteiger partial charge in [-0.1, -0.05) is 18.7 Å². The van der Waals surface area contributed by atoms with Crippen LogP contribution in [-0.4, -0.2) is 106 Å². The molecular formula is C40H51N5O11. The Bertz CT molecular complexity index is 1940. The van der Waals surface area contributed by atoms with E-state index < -0.39 is 47.9 Å². The maximum absolute atomic E-state index is 13.7. The zero-order chi connectivity index (χ0) is 40.6. The summed E-state index contributed by atoms with van der Waals surface area (Å²) in [7, 11) is 5.14. The largest absolute Gasteiger partial charge is 0.514 e. The second kappa shape index (κ2) is 16.1. The van der Waals surface area contributed by atoms with E-state index in [1.807, 2.05) is 14.0 Å². The number of benzene rings is 2. The lowest BCUT2D eigenvalue weighted by Gasteiger charge is -2.60. The summed E-state index contributed by atoms with van der Waals surface area (Å²) in [5.41, 5.74) is 3.80. The number of nitrogens with zero attached hydrogens (tertiary/aromatic N) is 3. The summed E-state index contributed by atoms with van der Waals surface area (Å²) >= 11 is 0. The average molecular weight is 778 g/mol. The number of piperazine rings is 1. The van der Waals surface area contributed by atoms with Crippen LogP contribution >= 0.6 is 0 Å². The van der Waals surface area contributed by atoms with Gasteiger partial charge in [0.1, 0.15) is 30.0 Å². The summed E-state index contributed by atoms with van der Waals surface area (Å²) in [6, 6.07) is 1.26. The van der Waals surface area contributed by atoms with Gasteiger partial charge in [0.2, 0.25) is 12.7 Å². The number of methoxy groups -OCH3 is 2. The van der Waals surface area contributed by atoms with E-state index in [0.29, 0.717) is 46.1 Å². The molecule has 16 heteroatoms.